The van der Waals surface area contributed by atoms with Gasteiger partial charge in [-0.15, -0.1) is 0 Å². The highest BCUT2D eigenvalue weighted by Crippen LogP contribution is 2.25. The van der Waals surface area contributed by atoms with Crippen molar-refractivity contribution in [3.8, 4) is 0 Å². The molecule has 3 rings (SSSR count). The lowest BCUT2D eigenvalue weighted by Crippen LogP contribution is -2.30. The van der Waals surface area contributed by atoms with Crippen molar-refractivity contribution < 1.29 is 17.6 Å². The van der Waals surface area contributed by atoms with E-state index in [0.717, 1.165) is 10.9 Å². The van der Waals surface area contributed by atoms with Crippen LogP contribution in [0.1, 0.15) is 30.0 Å². The van der Waals surface area contributed by atoms with Gasteiger partial charge in [0.25, 0.3) is 5.91 Å². The number of carbonyl (C=O) groups is 1. The van der Waals surface area contributed by atoms with Gasteiger partial charge in [0.1, 0.15) is 5.58 Å². The lowest BCUT2D eigenvalue weighted by molar-refractivity contribution is 0.0998. The third-order valence-corrected chi connectivity index (χ3v) is 6.50. The second kappa shape index (κ2) is 7.54. The van der Waals surface area contributed by atoms with Gasteiger partial charge in [0, 0.05) is 24.2 Å². The van der Waals surface area contributed by atoms with Gasteiger partial charge >= 0.3 is 0 Å². The molecule has 0 aliphatic carbocycles. The molecule has 0 fully saturated rings. The number of hydrogen-bond acceptors (Lipinski definition) is 4. The third-order valence-electron chi connectivity index (χ3n) is 4.45. The topological polar surface area (TPSA) is 79.6 Å². The molecule has 1 amide bonds. The van der Waals surface area contributed by atoms with Crippen molar-refractivity contribution >= 4 is 32.6 Å². The van der Waals surface area contributed by atoms with Crippen molar-refractivity contribution in [1.29, 1.82) is 0 Å². The van der Waals surface area contributed by atoms with Crippen LogP contribution in [0.2, 0.25) is 0 Å². The number of benzene rings is 2. The summed E-state index contributed by atoms with van der Waals surface area (Å²) in [5, 5.41) is 3.59. The van der Waals surface area contributed by atoms with E-state index in [9.17, 15) is 13.2 Å². The Morgan fingerprint density at radius 3 is 2.44 bits per heavy atom. The van der Waals surface area contributed by atoms with Gasteiger partial charge < -0.3 is 9.73 Å². The molecule has 0 aliphatic rings. The van der Waals surface area contributed by atoms with Gasteiger partial charge in [-0.05, 0) is 36.8 Å². The van der Waals surface area contributed by atoms with E-state index in [0.29, 0.717) is 24.4 Å². The first-order valence-corrected chi connectivity index (χ1v) is 10.2. The summed E-state index contributed by atoms with van der Waals surface area (Å²) < 4.78 is 32.4. The number of para-hydroxylation sites is 1. The van der Waals surface area contributed by atoms with Crippen molar-refractivity contribution in [2.75, 3.05) is 18.4 Å². The second-order valence-corrected chi connectivity index (χ2v) is 8.11. The maximum Gasteiger partial charge on any atom is 0.291 e. The van der Waals surface area contributed by atoms with Crippen molar-refractivity contribution in [2.45, 2.75) is 25.7 Å². The summed E-state index contributed by atoms with van der Waals surface area (Å²) in [6.45, 7) is 6.15. The first kappa shape index (κ1) is 19.1. The summed E-state index contributed by atoms with van der Waals surface area (Å²) in [5.41, 5.74) is 1.82. The zero-order valence-electron chi connectivity index (χ0n) is 15.5. The fourth-order valence-electron chi connectivity index (χ4n) is 2.89. The summed E-state index contributed by atoms with van der Waals surface area (Å²) in [6.07, 6.45) is 0. The number of furan rings is 1. The summed E-state index contributed by atoms with van der Waals surface area (Å²) in [6, 6.07) is 13.7. The monoisotopic (exact) mass is 386 g/mol. The molecule has 7 heteroatoms. The molecule has 2 aromatic carbocycles. The molecule has 142 valence electrons. The second-order valence-electron chi connectivity index (χ2n) is 6.17. The maximum atomic E-state index is 12.7. The molecule has 0 aliphatic heterocycles. The third kappa shape index (κ3) is 3.74. The van der Waals surface area contributed by atoms with Crippen LogP contribution in [0.3, 0.4) is 0 Å². The fourth-order valence-corrected chi connectivity index (χ4v) is 4.37. The number of nitrogens with zero attached hydrogens (tertiary/aromatic N) is 1. The van der Waals surface area contributed by atoms with Gasteiger partial charge in [-0.25, -0.2) is 8.42 Å². The van der Waals surface area contributed by atoms with Crippen molar-refractivity contribution in [3.63, 3.8) is 0 Å². The normalized spacial score (nSPS) is 11.9. The predicted octanol–water partition coefficient (Wildman–Crippen LogP) is 4.02. The summed E-state index contributed by atoms with van der Waals surface area (Å²) in [4.78, 5) is 12.7. The quantitative estimate of drug-likeness (QED) is 0.694. The Kier molecular flexibility index (Phi) is 5.34. The Labute approximate surface area is 158 Å². The van der Waals surface area contributed by atoms with Crippen molar-refractivity contribution in [1.82, 2.24) is 4.31 Å². The zero-order valence-corrected chi connectivity index (χ0v) is 16.3. The predicted molar refractivity (Wildman–Crippen MR) is 105 cm³/mol. The molecule has 1 N–H and O–H groups in total. The number of anilines is 1. The molecular formula is C20H22N2O4S. The molecular weight excluding hydrogens is 364 g/mol. The number of sulfonamides is 1. The zero-order chi connectivity index (χ0) is 19.6. The van der Waals surface area contributed by atoms with Crippen LogP contribution < -0.4 is 5.32 Å². The molecule has 6 nitrogen and oxygen atoms in total. The van der Waals surface area contributed by atoms with E-state index in [1.165, 1.54) is 10.4 Å². The molecule has 0 saturated carbocycles. The van der Waals surface area contributed by atoms with Crippen LogP contribution in [0.4, 0.5) is 5.69 Å². The Bertz CT molecular complexity index is 1050. The number of fused-ring (bicyclic) bond motifs is 1. The Morgan fingerprint density at radius 2 is 1.78 bits per heavy atom. The SMILES string of the molecule is CCN(CC)S(=O)(=O)c1ccc(C)c(NC(=O)c2cc3ccccc3o2)c1. The van der Waals surface area contributed by atoms with E-state index in [1.54, 1.807) is 38.1 Å². The Morgan fingerprint density at radius 1 is 1.07 bits per heavy atom. The maximum absolute atomic E-state index is 12.7. The van der Waals surface area contributed by atoms with Crippen molar-refractivity contribution in [3.05, 3.63) is 59.9 Å². The first-order valence-electron chi connectivity index (χ1n) is 8.77. The van der Waals surface area contributed by atoms with Crippen LogP contribution in [-0.4, -0.2) is 31.7 Å². The van der Waals surface area contributed by atoms with Crippen molar-refractivity contribution in [2.24, 2.45) is 0 Å². The highest BCUT2D eigenvalue weighted by Gasteiger charge is 2.23. The van der Waals surface area contributed by atoms with Gasteiger partial charge in [0.05, 0.1) is 4.90 Å². The summed E-state index contributed by atoms with van der Waals surface area (Å²) >= 11 is 0. The lowest BCUT2D eigenvalue weighted by Gasteiger charge is -2.19. The van der Waals surface area contributed by atoms with Gasteiger partial charge in [0.15, 0.2) is 5.76 Å². The number of rotatable bonds is 6. The number of amides is 1. The summed E-state index contributed by atoms with van der Waals surface area (Å²) in [7, 11) is -3.60. The first-order chi connectivity index (χ1) is 12.9. The fraction of sp³-hybridized carbons (Fsp3) is 0.250. The van der Waals surface area contributed by atoms with Gasteiger partial charge in [-0.3, -0.25) is 4.79 Å². The van der Waals surface area contributed by atoms with Crippen LogP contribution in [0.25, 0.3) is 11.0 Å². The van der Waals surface area contributed by atoms with E-state index >= 15 is 0 Å². The molecule has 0 unspecified atom stereocenters. The number of carbonyl (C=O) groups excluding carboxylic acids is 1. The number of aryl methyl sites for hydroxylation is 1. The van der Waals surface area contributed by atoms with E-state index in [-0.39, 0.29) is 10.7 Å². The van der Waals surface area contributed by atoms with Gasteiger partial charge in [0.2, 0.25) is 10.0 Å². The average Bonchev–Trinajstić information content (AvgIpc) is 3.08. The van der Waals surface area contributed by atoms with E-state index in [2.05, 4.69) is 5.32 Å². The molecule has 0 radical (unpaired) electrons. The van der Waals surface area contributed by atoms with E-state index in [4.69, 9.17) is 4.42 Å². The molecule has 3 aromatic rings. The molecule has 1 aromatic heterocycles. The standard InChI is InChI=1S/C20H22N2O4S/c1-4-22(5-2)27(24,25)16-11-10-14(3)17(13-16)21-20(23)19-12-15-8-6-7-9-18(15)26-19/h6-13H,4-5H2,1-3H3,(H,21,23). The van der Waals surface area contributed by atoms with Gasteiger partial charge in [-0.2, -0.15) is 4.31 Å². The Balaban J connectivity index is 1.91. The Hall–Kier alpha value is -2.64. The van der Waals surface area contributed by atoms with Crippen LogP contribution in [0.5, 0.6) is 0 Å². The molecule has 0 spiro atoms. The summed E-state index contributed by atoms with van der Waals surface area (Å²) in [5.74, 6) is -0.251. The number of nitrogens with one attached hydrogen (secondary N) is 1. The molecule has 0 atom stereocenters. The lowest BCUT2D eigenvalue weighted by atomic mass is 10.2. The molecule has 27 heavy (non-hydrogen) atoms. The van der Waals surface area contributed by atoms with Crippen LogP contribution in [0.15, 0.2) is 57.8 Å². The molecule has 0 saturated heterocycles. The smallest absolute Gasteiger partial charge is 0.291 e. The highest BCUT2D eigenvalue weighted by molar-refractivity contribution is 7.89. The van der Waals surface area contributed by atoms with E-state index in [1.807, 2.05) is 25.1 Å². The average molecular weight is 386 g/mol. The van der Waals surface area contributed by atoms with Crippen LogP contribution >= 0.6 is 0 Å². The minimum Gasteiger partial charge on any atom is -0.451 e. The minimum atomic E-state index is -3.60. The van der Waals surface area contributed by atoms with Crippen LogP contribution in [-0.2, 0) is 10.0 Å². The highest BCUT2D eigenvalue weighted by atomic mass is 32.2. The van der Waals surface area contributed by atoms with E-state index < -0.39 is 15.9 Å². The number of hydrogen-bond donors (Lipinski definition) is 1. The largest absolute Gasteiger partial charge is 0.451 e. The molecule has 0 bridgehead atoms. The minimum absolute atomic E-state index is 0.150. The van der Waals surface area contributed by atoms with Gasteiger partial charge in [-0.1, -0.05) is 38.1 Å². The molecule has 1 heterocycles. The van der Waals surface area contributed by atoms with Crippen LogP contribution in [0, 0.1) is 6.92 Å².